The maximum Gasteiger partial charge on any atom is 0.266 e. The van der Waals surface area contributed by atoms with Crippen LogP contribution in [0.15, 0.2) is 57.9 Å². The average Bonchev–Trinajstić information content (AvgIpc) is 3.19. The van der Waals surface area contributed by atoms with E-state index in [1.54, 1.807) is 18.2 Å². The number of ether oxygens (including phenoxy) is 1. The highest BCUT2D eigenvalue weighted by atomic mass is 79.9. The number of hydrogen-bond donors (Lipinski definition) is 3. The van der Waals surface area contributed by atoms with Crippen LogP contribution in [0.5, 0.6) is 0 Å². The lowest BCUT2D eigenvalue weighted by Crippen LogP contribution is -2.51. The van der Waals surface area contributed by atoms with Gasteiger partial charge in [0, 0.05) is 28.5 Å². The van der Waals surface area contributed by atoms with Crippen LogP contribution in [0.4, 0.5) is 0 Å². The number of aromatic nitrogens is 1. The molecular formula is C22H23BrN4O5S. The van der Waals surface area contributed by atoms with Gasteiger partial charge in [0.15, 0.2) is 0 Å². The van der Waals surface area contributed by atoms with E-state index < -0.39 is 27.9 Å². The summed E-state index contributed by atoms with van der Waals surface area (Å²) >= 11 is 3.33. The number of benzene rings is 2. The third-order valence-corrected chi connectivity index (χ3v) is 7.98. The average molecular weight is 535 g/mol. The normalized spacial score (nSPS) is 18.2. The zero-order valence-electron chi connectivity index (χ0n) is 17.7. The van der Waals surface area contributed by atoms with Crippen LogP contribution in [-0.4, -0.2) is 55.3 Å². The van der Waals surface area contributed by atoms with Crippen LogP contribution < -0.4 is 11.1 Å². The summed E-state index contributed by atoms with van der Waals surface area (Å²) in [5, 5.41) is 3.20. The van der Waals surface area contributed by atoms with Gasteiger partial charge in [-0.1, -0.05) is 46.3 Å². The minimum absolute atomic E-state index is 0.0367. The van der Waals surface area contributed by atoms with Gasteiger partial charge in [0.1, 0.15) is 16.7 Å². The number of carbonyl (C=O) groups excluding carboxylic acids is 2. The molecule has 11 heteroatoms. The molecule has 2 aromatic carbocycles. The van der Waals surface area contributed by atoms with Crippen molar-refractivity contribution in [1.82, 2.24) is 14.6 Å². The van der Waals surface area contributed by atoms with Gasteiger partial charge in [-0.05, 0) is 30.7 Å². The maximum atomic E-state index is 13.6. The second-order valence-corrected chi connectivity index (χ2v) is 10.5. The first-order valence-corrected chi connectivity index (χ1v) is 12.5. The number of fused-ring (bicyclic) bond motifs is 1. The van der Waals surface area contributed by atoms with Crippen LogP contribution in [0.25, 0.3) is 10.9 Å². The van der Waals surface area contributed by atoms with E-state index in [4.69, 9.17) is 10.5 Å². The topological polar surface area (TPSA) is 135 Å². The van der Waals surface area contributed by atoms with Crippen molar-refractivity contribution < 1.29 is 22.7 Å². The number of aromatic amines is 1. The molecule has 1 aliphatic rings. The summed E-state index contributed by atoms with van der Waals surface area (Å²) in [6.45, 7) is 1.73. The standard InChI is InChI=1S/C22H23BrN4O5S/c1-13(14-5-3-2-4-6-14)25-22(29)18-12-27(9-10-32-18)33(30,31)20-16-11-15(23)7-8-17(16)26-19(20)21(24)28/h2-8,11,13,18,26H,9-10,12H2,1H3,(H2,24,28)(H,25,29). The summed E-state index contributed by atoms with van der Waals surface area (Å²) in [6, 6.07) is 14.1. The van der Waals surface area contributed by atoms with Gasteiger partial charge in [0.05, 0.1) is 12.6 Å². The van der Waals surface area contributed by atoms with Gasteiger partial charge in [0.2, 0.25) is 10.0 Å². The number of nitrogens with zero attached hydrogens (tertiary/aromatic N) is 1. The fourth-order valence-corrected chi connectivity index (χ4v) is 5.97. The number of morpholine rings is 1. The zero-order chi connectivity index (χ0) is 23.8. The Morgan fingerprint density at radius 3 is 2.67 bits per heavy atom. The molecule has 2 atom stereocenters. The number of rotatable bonds is 6. The SMILES string of the molecule is CC(NC(=O)C1CN(S(=O)(=O)c2c(C(N)=O)[nH]c3ccc(Br)cc23)CCO1)c1ccccc1. The number of H-pyrrole nitrogens is 1. The molecule has 0 saturated carbocycles. The predicted octanol–water partition coefficient (Wildman–Crippen LogP) is 2.30. The van der Waals surface area contributed by atoms with E-state index in [1.807, 2.05) is 37.3 Å². The van der Waals surface area contributed by atoms with Crippen LogP contribution in [0.1, 0.15) is 29.0 Å². The van der Waals surface area contributed by atoms with Gasteiger partial charge in [-0.15, -0.1) is 0 Å². The number of sulfonamides is 1. The molecule has 2 unspecified atom stereocenters. The van der Waals surface area contributed by atoms with Gasteiger partial charge >= 0.3 is 0 Å². The maximum absolute atomic E-state index is 13.6. The second-order valence-electron chi connectivity index (χ2n) is 7.75. The Balaban J connectivity index is 1.60. The highest BCUT2D eigenvalue weighted by molar-refractivity contribution is 9.10. The predicted molar refractivity (Wildman–Crippen MR) is 126 cm³/mol. The number of halogens is 1. The summed E-state index contributed by atoms with van der Waals surface area (Å²) < 4.78 is 34.6. The molecular weight excluding hydrogens is 512 g/mol. The van der Waals surface area contributed by atoms with Gasteiger partial charge in [0.25, 0.3) is 11.8 Å². The first kappa shape index (κ1) is 23.4. The Morgan fingerprint density at radius 1 is 1.24 bits per heavy atom. The third kappa shape index (κ3) is 4.67. The highest BCUT2D eigenvalue weighted by Gasteiger charge is 2.38. The number of hydrogen-bond acceptors (Lipinski definition) is 5. The molecule has 2 heterocycles. The summed E-state index contributed by atoms with van der Waals surface area (Å²) in [5.41, 5.74) is 6.65. The quantitative estimate of drug-likeness (QED) is 0.445. The lowest BCUT2D eigenvalue weighted by Gasteiger charge is -2.32. The molecule has 1 aliphatic heterocycles. The van der Waals surface area contributed by atoms with E-state index >= 15 is 0 Å². The Kier molecular flexibility index (Phi) is 6.57. The number of carbonyl (C=O) groups is 2. The zero-order valence-corrected chi connectivity index (χ0v) is 20.1. The smallest absolute Gasteiger partial charge is 0.266 e. The highest BCUT2D eigenvalue weighted by Crippen LogP contribution is 2.32. The van der Waals surface area contributed by atoms with Gasteiger partial charge in [-0.3, -0.25) is 9.59 Å². The molecule has 0 aliphatic carbocycles. The van der Waals surface area contributed by atoms with Crippen LogP contribution >= 0.6 is 15.9 Å². The summed E-state index contributed by atoms with van der Waals surface area (Å²) in [7, 11) is -4.16. The molecule has 1 aromatic heterocycles. The molecule has 2 amide bonds. The van der Waals surface area contributed by atoms with E-state index in [1.165, 1.54) is 0 Å². The van der Waals surface area contributed by atoms with Crippen molar-refractivity contribution >= 4 is 48.7 Å². The first-order chi connectivity index (χ1) is 15.7. The molecule has 4 N–H and O–H groups in total. The van der Waals surface area contributed by atoms with Crippen molar-refractivity contribution in [2.24, 2.45) is 5.73 Å². The van der Waals surface area contributed by atoms with Crippen LogP contribution in [-0.2, 0) is 19.6 Å². The van der Waals surface area contributed by atoms with Crippen molar-refractivity contribution in [3.8, 4) is 0 Å². The lowest BCUT2D eigenvalue weighted by atomic mass is 10.1. The molecule has 1 fully saturated rings. The van der Waals surface area contributed by atoms with Gasteiger partial charge < -0.3 is 20.8 Å². The van der Waals surface area contributed by atoms with Crippen molar-refractivity contribution in [3.63, 3.8) is 0 Å². The molecule has 0 radical (unpaired) electrons. The van der Waals surface area contributed by atoms with Crippen molar-refractivity contribution in [1.29, 1.82) is 0 Å². The van der Waals surface area contributed by atoms with Crippen molar-refractivity contribution in [2.45, 2.75) is 24.0 Å². The number of nitrogens with two attached hydrogens (primary N) is 1. The van der Waals surface area contributed by atoms with E-state index in [0.717, 1.165) is 9.87 Å². The van der Waals surface area contributed by atoms with E-state index in [-0.39, 0.29) is 36.3 Å². The van der Waals surface area contributed by atoms with Crippen molar-refractivity contribution in [3.05, 3.63) is 64.3 Å². The molecule has 1 saturated heterocycles. The molecule has 174 valence electrons. The molecule has 4 rings (SSSR count). The van der Waals surface area contributed by atoms with Gasteiger partial charge in [-0.2, -0.15) is 4.31 Å². The summed E-state index contributed by atoms with van der Waals surface area (Å²) in [5.74, 6) is -1.30. The Morgan fingerprint density at radius 2 is 1.97 bits per heavy atom. The summed E-state index contributed by atoms with van der Waals surface area (Å²) in [6.07, 6.45) is -0.992. The monoisotopic (exact) mass is 534 g/mol. The Hall–Kier alpha value is -2.73. The number of amides is 2. The Labute approximate surface area is 199 Å². The van der Waals surface area contributed by atoms with Gasteiger partial charge in [-0.25, -0.2) is 8.42 Å². The van der Waals surface area contributed by atoms with Crippen molar-refractivity contribution in [2.75, 3.05) is 19.7 Å². The summed E-state index contributed by atoms with van der Waals surface area (Å²) in [4.78, 5) is 27.5. The molecule has 0 spiro atoms. The number of nitrogens with one attached hydrogen (secondary N) is 2. The minimum atomic E-state index is -4.16. The fourth-order valence-electron chi connectivity index (χ4n) is 3.84. The second kappa shape index (κ2) is 9.26. The van der Waals surface area contributed by atoms with Crippen LogP contribution in [0.2, 0.25) is 0 Å². The lowest BCUT2D eigenvalue weighted by molar-refractivity contribution is -0.136. The molecule has 0 bridgehead atoms. The molecule has 3 aromatic rings. The van der Waals surface area contributed by atoms with E-state index in [2.05, 4.69) is 26.2 Å². The number of primary amides is 1. The molecule has 33 heavy (non-hydrogen) atoms. The fraction of sp³-hybridized carbons (Fsp3) is 0.273. The molecule has 9 nitrogen and oxygen atoms in total. The third-order valence-electron chi connectivity index (χ3n) is 5.54. The van der Waals surface area contributed by atoms with Crippen LogP contribution in [0.3, 0.4) is 0 Å². The first-order valence-electron chi connectivity index (χ1n) is 10.3. The minimum Gasteiger partial charge on any atom is -0.366 e. The Bertz CT molecular complexity index is 1310. The van der Waals surface area contributed by atoms with Crippen LogP contribution in [0, 0.1) is 0 Å². The largest absolute Gasteiger partial charge is 0.366 e. The van der Waals surface area contributed by atoms with E-state index in [0.29, 0.717) is 15.4 Å². The van der Waals surface area contributed by atoms with E-state index in [9.17, 15) is 18.0 Å².